The molecule has 5 nitrogen and oxygen atoms in total. The number of nitrogens with one attached hydrogen (secondary N) is 1. The summed E-state index contributed by atoms with van der Waals surface area (Å²) < 4.78 is 41.4. The Bertz CT molecular complexity index is 959. The summed E-state index contributed by atoms with van der Waals surface area (Å²) in [6.45, 7) is -0.110. The van der Waals surface area contributed by atoms with Crippen LogP contribution in [0, 0.1) is 5.82 Å². The van der Waals surface area contributed by atoms with Crippen LogP contribution in [0.25, 0.3) is 0 Å². The zero-order valence-electron chi connectivity index (χ0n) is 15.5. The van der Waals surface area contributed by atoms with Gasteiger partial charge in [0.1, 0.15) is 12.4 Å². The molecule has 0 radical (unpaired) electrons. The number of sulfonamides is 1. The third kappa shape index (κ3) is 4.78. The molecule has 0 bridgehead atoms. The molecule has 1 aliphatic carbocycles. The summed E-state index contributed by atoms with van der Waals surface area (Å²) in [6.07, 6.45) is 6.27. The van der Waals surface area contributed by atoms with E-state index in [0.717, 1.165) is 35.6 Å². The molecule has 3 rings (SSSR count). The summed E-state index contributed by atoms with van der Waals surface area (Å²) in [6, 6.07) is 13.3. The summed E-state index contributed by atoms with van der Waals surface area (Å²) >= 11 is 0. The maximum atomic E-state index is 14.4. The number of para-hydroxylation sites is 1. The van der Waals surface area contributed by atoms with Crippen LogP contribution in [-0.2, 0) is 14.8 Å². The van der Waals surface area contributed by atoms with Crippen molar-refractivity contribution in [3.63, 3.8) is 0 Å². The van der Waals surface area contributed by atoms with Crippen molar-refractivity contribution in [2.45, 2.75) is 30.6 Å². The van der Waals surface area contributed by atoms with Crippen LogP contribution in [0.15, 0.2) is 71.1 Å². The Kier molecular flexibility index (Phi) is 6.46. The van der Waals surface area contributed by atoms with Gasteiger partial charge in [-0.25, -0.2) is 12.8 Å². The van der Waals surface area contributed by atoms with Crippen molar-refractivity contribution in [3.05, 3.63) is 72.1 Å². The van der Waals surface area contributed by atoms with E-state index >= 15 is 0 Å². The number of allylic oxidation sites excluding steroid dienone is 1. The Morgan fingerprint density at radius 1 is 1.04 bits per heavy atom. The molecule has 1 aliphatic rings. The third-order valence-electron chi connectivity index (χ3n) is 4.64. The van der Waals surface area contributed by atoms with Gasteiger partial charge in [-0.2, -0.15) is 0 Å². The van der Waals surface area contributed by atoms with Gasteiger partial charge >= 0.3 is 0 Å². The van der Waals surface area contributed by atoms with E-state index in [1.165, 1.54) is 36.4 Å². The maximum absolute atomic E-state index is 14.4. The number of carbonyl (C=O) groups excluding carboxylic acids is 1. The Balaban J connectivity index is 1.84. The number of amides is 1. The van der Waals surface area contributed by atoms with Crippen molar-refractivity contribution >= 4 is 21.6 Å². The summed E-state index contributed by atoms with van der Waals surface area (Å²) in [4.78, 5) is 12.5. The molecule has 7 heteroatoms. The van der Waals surface area contributed by atoms with E-state index in [4.69, 9.17) is 0 Å². The molecule has 1 N–H and O–H groups in total. The normalized spacial score (nSPS) is 14.2. The van der Waals surface area contributed by atoms with Gasteiger partial charge in [-0.15, -0.1) is 0 Å². The summed E-state index contributed by atoms with van der Waals surface area (Å²) in [5, 5.41) is 2.76. The largest absolute Gasteiger partial charge is 0.351 e. The highest BCUT2D eigenvalue weighted by Gasteiger charge is 2.28. The molecule has 0 spiro atoms. The topological polar surface area (TPSA) is 66.5 Å². The Morgan fingerprint density at radius 2 is 1.75 bits per heavy atom. The smallest absolute Gasteiger partial charge is 0.264 e. The van der Waals surface area contributed by atoms with Crippen molar-refractivity contribution in [2.24, 2.45) is 0 Å². The molecule has 2 aromatic rings. The first-order valence-corrected chi connectivity index (χ1v) is 10.7. The summed E-state index contributed by atoms with van der Waals surface area (Å²) in [5.41, 5.74) is 0.987. The zero-order chi connectivity index (χ0) is 20.0. The van der Waals surface area contributed by atoms with Gasteiger partial charge in [0.25, 0.3) is 10.0 Å². The fourth-order valence-electron chi connectivity index (χ4n) is 3.14. The lowest BCUT2D eigenvalue weighted by atomic mass is 10.00. The van der Waals surface area contributed by atoms with Gasteiger partial charge in [0.05, 0.1) is 10.6 Å². The van der Waals surface area contributed by atoms with E-state index in [1.54, 1.807) is 18.2 Å². The van der Waals surface area contributed by atoms with E-state index in [2.05, 4.69) is 11.4 Å². The van der Waals surface area contributed by atoms with E-state index < -0.39 is 28.3 Å². The molecule has 1 amide bonds. The fraction of sp³-hybridized carbons (Fsp3) is 0.286. The first-order chi connectivity index (χ1) is 13.5. The highest BCUT2D eigenvalue weighted by atomic mass is 32.2. The van der Waals surface area contributed by atoms with Crippen molar-refractivity contribution in [1.82, 2.24) is 5.32 Å². The van der Waals surface area contributed by atoms with Crippen LogP contribution in [0.4, 0.5) is 10.1 Å². The first-order valence-electron chi connectivity index (χ1n) is 9.25. The molecular formula is C21H23FN2O3S. The lowest BCUT2D eigenvalue weighted by Crippen LogP contribution is -2.41. The third-order valence-corrected chi connectivity index (χ3v) is 6.41. The van der Waals surface area contributed by atoms with Gasteiger partial charge in [0.15, 0.2) is 0 Å². The van der Waals surface area contributed by atoms with Crippen LogP contribution < -0.4 is 9.62 Å². The number of hydrogen-bond donors (Lipinski definition) is 1. The molecule has 148 valence electrons. The maximum Gasteiger partial charge on any atom is 0.264 e. The summed E-state index contributed by atoms with van der Waals surface area (Å²) in [7, 11) is -4.10. The second-order valence-electron chi connectivity index (χ2n) is 6.66. The van der Waals surface area contributed by atoms with Crippen molar-refractivity contribution in [2.75, 3.05) is 17.4 Å². The number of carbonyl (C=O) groups is 1. The van der Waals surface area contributed by atoms with Crippen LogP contribution in [0.2, 0.25) is 0 Å². The lowest BCUT2D eigenvalue weighted by molar-refractivity contribution is -0.119. The standard InChI is InChI=1S/C21H23FN2O3S/c22-19-13-7-8-14-20(19)24(28(26,27)18-11-5-2-6-12-18)16-21(25)23-15-17-9-3-1-4-10-17/h2,5-9,11-14H,1,3-4,10,15-16H2,(H,23,25). The predicted molar refractivity (Wildman–Crippen MR) is 107 cm³/mol. The molecular weight excluding hydrogens is 379 g/mol. The molecule has 0 unspecified atom stereocenters. The first kappa shape index (κ1) is 20.1. The molecule has 0 fully saturated rings. The number of nitrogens with zero attached hydrogens (tertiary/aromatic N) is 1. The monoisotopic (exact) mass is 402 g/mol. The van der Waals surface area contributed by atoms with E-state index in [0.29, 0.717) is 6.54 Å². The fourth-order valence-corrected chi connectivity index (χ4v) is 4.59. The number of halogens is 1. The molecule has 0 heterocycles. The molecule has 0 saturated heterocycles. The number of rotatable bonds is 7. The minimum atomic E-state index is -4.10. The van der Waals surface area contributed by atoms with Gasteiger partial charge in [0, 0.05) is 6.54 Å². The molecule has 0 aromatic heterocycles. The SMILES string of the molecule is O=C(CN(c1ccccc1F)S(=O)(=O)c1ccccc1)NCC1=CCCCC1. The van der Waals surface area contributed by atoms with Gasteiger partial charge in [0.2, 0.25) is 5.91 Å². The van der Waals surface area contributed by atoms with Crippen molar-refractivity contribution in [1.29, 1.82) is 0 Å². The van der Waals surface area contributed by atoms with Gasteiger partial charge in [-0.1, -0.05) is 42.0 Å². The van der Waals surface area contributed by atoms with Crippen molar-refractivity contribution in [3.8, 4) is 0 Å². The highest BCUT2D eigenvalue weighted by molar-refractivity contribution is 7.92. The van der Waals surface area contributed by atoms with E-state index in [-0.39, 0.29) is 10.6 Å². The number of hydrogen-bond acceptors (Lipinski definition) is 3. The van der Waals surface area contributed by atoms with Gasteiger partial charge < -0.3 is 5.32 Å². The minimum absolute atomic E-state index is 0.000965. The average molecular weight is 402 g/mol. The van der Waals surface area contributed by atoms with E-state index in [9.17, 15) is 17.6 Å². The van der Waals surface area contributed by atoms with Gasteiger partial charge in [-0.05, 0) is 49.9 Å². The Hall–Kier alpha value is -2.67. The van der Waals surface area contributed by atoms with Gasteiger partial charge in [-0.3, -0.25) is 9.10 Å². The highest BCUT2D eigenvalue weighted by Crippen LogP contribution is 2.26. The molecule has 28 heavy (non-hydrogen) atoms. The number of benzene rings is 2. The lowest BCUT2D eigenvalue weighted by Gasteiger charge is -2.24. The zero-order valence-corrected chi connectivity index (χ0v) is 16.3. The second kappa shape index (κ2) is 9.01. The van der Waals surface area contributed by atoms with Crippen LogP contribution in [0.5, 0.6) is 0 Å². The minimum Gasteiger partial charge on any atom is -0.351 e. The van der Waals surface area contributed by atoms with Crippen LogP contribution >= 0.6 is 0 Å². The molecule has 0 saturated carbocycles. The van der Waals surface area contributed by atoms with Crippen molar-refractivity contribution < 1.29 is 17.6 Å². The Labute approximate surface area is 164 Å². The predicted octanol–water partition coefficient (Wildman–Crippen LogP) is 3.64. The average Bonchev–Trinajstić information content (AvgIpc) is 2.72. The van der Waals surface area contributed by atoms with Crippen LogP contribution in [-0.4, -0.2) is 27.4 Å². The molecule has 2 aromatic carbocycles. The second-order valence-corrected chi connectivity index (χ2v) is 8.52. The van der Waals surface area contributed by atoms with Crippen LogP contribution in [0.1, 0.15) is 25.7 Å². The molecule has 0 aliphatic heterocycles. The molecule has 0 atom stereocenters. The Morgan fingerprint density at radius 3 is 2.43 bits per heavy atom. The summed E-state index contributed by atoms with van der Waals surface area (Å²) in [5.74, 6) is -1.18. The quantitative estimate of drug-likeness (QED) is 0.719. The number of anilines is 1. The van der Waals surface area contributed by atoms with E-state index in [1.807, 2.05) is 0 Å². The van der Waals surface area contributed by atoms with Crippen LogP contribution in [0.3, 0.4) is 0 Å².